The highest BCUT2D eigenvalue weighted by atomic mass is 35.5. The zero-order valence-corrected chi connectivity index (χ0v) is 23.0. The average molecular weight is 564 g/mol. The fourth-order valence-corrected chi connectivity index (χ4v) is 7.31. The number of hydrogen-bond donors (Lipinski definition) is 1. The lowest BCUT2D eigenvalue weighted by Crippen LogP contribution is -2.48. The second kappa shape index (κ2) is 11.2. The number of nitrogens with one attached hydrogen (secondary N) is 1. The second-order valence-electron chi connectivity index (χ2n) is 9.16. The van der Waals surface area contributed by atoms with Gasteiger partial charge in [-0.15, -0.1) is 0 Å². The van der Waals surface area contributed by atoms with Crippen LogP contribution in [0.2, 0.25) is 5.02 Å². The number of amides is 1. The summed E-state index contributed by atoms with van der Waals surface area (Å²) in [7, 11) is -3.57. The Balaban J connectivity index is 1.09. The van der Waals surface area contributed by atoms with Crippen molar-refractivity contribution in [3.8, 4) is 0 Å². The third-order valence-electron chi connectivity index (χ3n) is 6.77. The van der Waals surface area contributed by atoms with Crippen molar-refractivity contribution in [1.82, 2.24) is 19.5 Å². The first-order chi connectivity index (χ1) is 17.8. The lowest BCUT2D eigenvalue weighted by Gasteiger charge is -2.34. The van der Waals surface area contributed by atoms with Crippen LogP contribution in [-0.4, -0.2) is 94.1 Å². The van der Waals surface area contributed by atoms with Crippen LogP contribution in [0.1, 0.15) is 15.9 Å². The standard InChI is InChI=1S/C25H30ClN5O4S2/c1-18-2-7-21(26)23-22(18)28-25(36-23)30-12-10-29(11-13-30)9-8-27-24(32)19-3-5-20(6-4-19)37(33,34)31-14-16-35-17-15-31/h2-7H,8-17H2,1H3,(H,27,32). The monoisotopic (exact) mass is 563 g/mol. The van der Waals surface area contributed by atoms with Gasteiger partial charge in [0.25, 0.3) is 5.91 Å². The molecule has 0 spiro atoms. The Morgan fingerprint density at radius 2 is 1.76 bits per heavy atom. The van der Waals surface area contributed by atoms with Gasteiger partial charge < -0.3 is 15.0 Å². The van der Waals surface area contributed by atoms with Gasteiger partial charge in [-0.2, -0.15) is 4.31 Å². The number of aryl methyl sites for hydroxylation is 1. The van der Waals surface area contributed by atoms with Crippen LogP contribution in [-0.2, 0) is 14.8 Å². The van der Waals surface area contributed by atoms with E-state index < -0.39 is 10.0 Å². The molecule has 0 atom stereocenters. The van der Waals surface area contributed by atoms with Crippen molar-refractivity contribution in [2.45, 2.75) is 11.8 Å². The van der Waals surface area contributed by atoms with Crippen LogP contribution in [0.5, 0.6) is 0 Å². The molecule has 9 nitrogen and oxygen atoms in total. The van der Waals surface area contributed by atoms with Crippen molar-refractivity contribution in [3.05, 3.63) is 52.5 Å². The summed E-state index contributed by atoms with van der Waals surface area (Å²) < 4.78 is 33.2. The predicted octanol–water partition coefficient (Wildman–Crippen LogP) is 2.83. The summed E-state index contributed by atoms with van der Waals surface area (Å²) in [5.74, 6) is -0.212. The van der Waals surface area contributed by atoms with Gasteiger partial charge in [0.2, 0.25) is 10.0 Å². The van der Waals surface area contributed by atoms with Gasteiger partial charge >= 0.3 is 0 Å². The third kappa shape index (κ3) is 5.76. The second-order valence-corrected chi connectivity index (χ2v) is 12.5. The Bertz CT molecular complexity index is 1330. The molecule has 0 radical (unpaired) electrons. The van der Waals surface area contributed by atoms with Crippen molar-refractivity contribution in [2.75, 3.05) is 70.5 Å². The number of piperazine rings is 1. The fraction of sp³-hybridized carbons (Fsp3) is 0.440. The Morgan fingerprint density at radius 3 is 2.43 bits per heavy atom. The number of fused-ring (bicyclic) bond motifs is 1. The molecule has 12 heteroatoms. The summed E-state index contributed by atoms with van der Waals surface area (Å²) in [6, 6.07) is 10.0. The lowest BCUT2D eigenvalue weighted by molar-refractivity contribution is 0.0730. The van der Waals surface area contributed by atoms with E-state index in [-0.39, 0.29) is 10.8 Å². The normalized spacial score (nSPS) is 17.8. The van der Waals surface area contributed by atoms with Crippen molar-refractivity contribution >= 4 is 54.2 Å². The third-order valence-corrected chi connectivity index (χ3v) is 10.3. The molecule has 2 aliphatic heterocycles. The van der Waals surface area contributed by atoms with E-state index in [0.717, 1.165) is 58.7 Å². The van der Waals surface area contributed by atoms with Gasteiger partial charge in [-0.25, -0.2) is 13.4 Å². The van der Waals surface area contributed by atoms with Crippen LogP contribution in [0.3, 0.4) is 0 Å². The quantitative estimate of drug-likeness (QED) is 0.472. The van der Waals surface area contributed by atoms with Crippen LogP contribution in [0.4, 0.5) is 5.13 Å². The summed E-state index contributed by atoms with van der Waals surface area (Å²) in [4.78, 5) is 22.2. The molecule has 2 aromatic carbocycles. The maximum atomic E-state index is 12.8. The Morgan fingerprint density at radius 1 is 1.05 bits per heavy atom. The van der Waals surface area contributed by atoms with E-state index in [1.807, 2.05) is 12.1 Å². The number of rotatable bonds is 7. The minimum Gasteiger partial charge on any atom is -0.379 e. The first-order valence-corrected chi connectivity index (χ1v) is 15.0. The maximum Gasteiger partial charge on any atom is 0.251 e. The first-order valence-electron chi connectivity index (χ1n) is 12.3. The molecule has 2 aliphatic rings. The summed E-state index contributed by atoms with van der Waals surface area (Å²) >= 11 is 8.00. The van der Waals surface area contributed by atoms with Crippen molar-refractivity contribution in [3.63, 3.8) is 0 Å². The molecule has 2 fully saturated rings. The van der Waals surface area contributed by atoms with Gasteiger partial charge in [-0.1, -0.05) is 29.0 Å². The van der Waals surface area contributed by atoms with Gasteiger partial charge in [0.1, 0.15) is 0 Å². The van der Waals surface area contributed by atoms with Crippen LogP contribution in [0.15, 0.2) is 41.3 Å². The molecule has 0 saturated carbocycles. The van der Waals surface area contributed by atoms with Crippen LogP contribution >= 0.6 is 22.9 Å². The smallest absolute Gasteiger partial charge is 0.251 e. The number of thiazole rings is 1. The van der Waals surface area contributed by atoms with E-state index in [4.69, 9.17) is 21.3 Å². The molecule has 198 valence electrons. The summed E-state index contributed by atoms with van der Waals surface area (Å²) in [5, 5.41) is 4.69. The number of ether oxygens (including phenoxy) is 1. The highest BCUT2D eigenvalue weighted by molar-refractivity contribution is 7.89. The number of benzene rings is 2. The number of hydrogen-bond acceptors (Lipinski definition) is 8. The number of aromatic nitrogens is 1. The number of anilines is 1. The molecule has 0 unspecified atom stereocenters. The van der Waals surface area contributed by atoms with Gasteiger partial charge in [0.05, 0.1) is 33.3 Å². The molecule has 3 aromatic rings. The number of sulfonamides is 1. The number of carbonyl (C=O) groups is 1. The van der Waals surface area contributed by atoms with Gasteiger partial charge in [-0.3, -0.25) is 9.69 Å². The van der Waals surface area contributed by atoms with E-state index >= 15 is 0 Å². The topological polar surface area (TPSA) is 95.1 Å². The van der Waals surface area contributed by atoms with Crippen molar-refractivity contribution in [1.29, 1.82) is 0 Å². The van der Waals surface area contributed by atoms with Crippen molar-refractivity contribution in [2.24, 2.45) is 0 Å². The zero-order chi connectivity index (χ0) is 26.0. The summed E-state index contributed by atoms with van der Waals surface area (Å²) in [6.07, 6.45) is 0. The van der Waals surface area contributed by atoms with Crippen LogP contribution in [0.25, 0.3) is 10.2 Å². The van der Waals surface area contributed by atoms with E-state index in [1.54, 1.807) is 23.5 Å². The van der Waals surface area contributed by atoms with Gasteiger partial charge in [0, 0.05) is 57.9 Å². The van der Waals surface area contributed by atoms with E-state index in [2.05, 4.69) is 22.0 Å². The fourth-order valence-electron chi connectivity index (χ4n) is 4.53. The van der Waals surface area contributed by atoms with E-state index in [1.165, 1.54) is 16.4 Å². The van der Waals surface area contributed by atoms with E-state index in [0.29, 0.717) is 38.4 Å². The summed E-state index contributed by atoms with van der Waals surface area (Å²) in [5.41, 5.74) is 2.55. The number of carbonyl (C=O) groups excluding carboxylic acids is 1. The van der Waals surface area contributed by atoms with Crippen LogP contribution < -0.4 is 10.2 Å². The number of nitrogens with zero attached hydrogens (tertiary/aromatic N) is 4. The minimum atomic E-state index is -3.57. The molecule has 1 N–H and O–H groups in total. The van der Waals surface area contributed by atoms with Crippen molar-refractivity contribution < 1.29 is 17.9 Å². The number of morpholine rings is 1. The largest absolute Gasteiger partial charge is 0.379 e. The molecule has 0 bridgehead atoms. The van der Waals surface area contributed by atoms with Gasteiger partial charge in [0.15, 0.2) is 5.13 Å². The molecule has 3 heterocycles. The highest BCUT2D eigenvalue weighted by Gasteiger charge is 2.26. The molecular weight excluding hydrogens is 534 g/mol. The molecule has 5 rings (SSSR count). The molecule has 0 aliphatic carbocycles. The Hall–Kier alpha value is -2.28. The zero-order valence-electron chi connectivity index (χ0n) is 20.7. The Kier molecular flexibility index (Phi) is 7.99. The predicted molar refractivity (Wildman–Crippen MR) is 146 cm³/mol. The molecule has 1 amide bonds. The molecule has 37 heavy (non-hydrogen) atoms. The Labute approximate surface area is 226 Å². The SMILES string of the molecule is Cc1ccc(Cl)c2sc(N3CCN(CCNC(=O)c4ccc(S(=O)(=O)N5CCOCC5)cc4)CC3)nc12. The molecule has 1 aromatic heterocycles. The maximum absolute atomic E-state index is 12.8. The highest BCUT2D eigenvalue weighted by Crippen LogP contribution is 2.35. The van der Waals surface area contributed by atoms with E-state index in [9.17, 15) is 13.2 Å². The molecular formula is C25H30ClN5O4S2. The first kappa shape index (κ1) is 26.3. The average Bonchev–Trinajstić information content (AvgIpc) is 3.39. The minimum absolute atomic E-state index is 0.189. The number of halogens is 1. The summed E-state index contributed by atoms with van der Waals surface area (Å²) in [6.45, 7) is 8.27. The van der Waals surface area contributed by atoms with Gasteiger partial charge in [-0.05, 0) is 42.8 Å². The lowest BCUT2D eigenvalue weighted by atomic mass is 10.2. The van der Waals surface area contributed by atoms with Crippen LogP contribution in [0, 0.1) is 6.92 Å². The molecule has 2 saturated heterocycles.